The molecule has 1 fully saturated rings. The van der Waals surface area contributed by atoms with E-state index in [1.165, 1.54) is 6.07 Å². The molecule has 1 aromatic carbocycles. The Kier molecular flexibility index (Phi) is 3.33. The summed E-state index contributed by atoms with van der Waals surface area (Å²) in [5, 5.41) is 9.45. The third-order valence-electron chi connectivity index (χ3n) is 3.34. The molecule has 88 valence electrons. The molecule has 0 heterocycles. The van der Waals surface area contributed by atoms with Gasteiger partial charge < -0.3 is 10.8 Å². The van der Waals surface area contributed by atoms with Crippen LogP contribution in [-0.4, -0.2) is 11.2 Å². The number of aliphatic hydroxyl groups is 1. The summed E-state index contributed by atoms with van der Waals surface area (Å²) in [5.41, 5.74) is 6.60. The molecule has 0 radical (unpaired) electrons. The topological polar surface area (TPSA) is 46.2 Å². The van der Waals surface area contributed by atoms with Crippen molar-refractivity contribution >= 4 is 15.9 Å². The Hall–Kier alpha value is -0.450. The van der Waals surface area contributed by atoms with Gasteiger partial charge in [-0.25, -0.2) is 4.39 Å². The summed E-state index contributed by atoms with van der Waals surface area (Å²) in [4.78, 5) is 0. The van der Waals surface area contributed by atoms with Crippen LogP contribution in [0.15, 0.2) is 22.7 Å². The van der Waals surface area contributed by atoms with Crippen LogP contribution in [0.5, 0.6) is 0 Å². The fraction of sp³-hybridized carbons (Fsp3) is 0.500. The van der Waals surface area contributed by atoms with Crippen molar-refractivity contribution in [3.63, 3.8) is 0 Å². The molecule has 0 spiro atoms. The van der Waals surface area contributed by atoms with Gasteiger partial charge in [0.25, 0.3) is 0 Å². The second kappa shape index (κ2) is 4.43. The van der Waals surface area contributed by atoms with Crippen LogP contribution in [-0.2, 0) is 5.54 Å². The first-order chi connectivity index (χ1) is 7.51. The Morgan fingerprint density at radius 2 is 2.00 bits per heavy atom. The van der Waals surface area contributed by atoms with Gasteiger partial charge in [-0.3, -0.25) is 0 Å². The standard InChI is InChI=1S/C12H15BrFNO/c13-10-2-1-8(7-11(10)14)12(15)5-3-9(16)4-6-12/h1-2,7,9,16H,3-6,15H2. The van der Waals surface area contributed by atoms with Crippen LogP contribution in [0, 0.1) is 5.82 Å². The summed E-state index contributed by atoms with van der Waals surface area (Å²) in [6.07, 6.45) is 2.53. The van der Waals surface area contributed by atoms with Gasteiger partial charge in [-0.15, -0.1) is 0 Å². The smallest absolute Gasteiger partial charge is 0.137 e. The fourth-order valence-corrected chi connectivity index (χ4v) is 2.46. The second-order valence-electron chi connectivity index (χ2n) is 4.52. The van der Waals surface area contributed by atoms with Gasteiger partial charge >= 0.3 is 0 Å². The van der Waals surface area contributed by atoms with Gasteiger partial charge in [-0.05, 0) is 59.3 Å². The van der Waals surface area contributed by atoms with Crippen LogP contribution < -0.4 is 5.73 Å². The molecular formula is C12H15BrFNO. The fourth-order valence-electron chi connectivity index (χ4n) is 2.21. The minimum Gasteiger partial charge on any atom is -0.393 e. The predicted octanol–water partition coefficient (Wildman–Crippen LogP) is 2.68. The van der Waals surface area contributed by atoms with Crippen molar-refractivity contribution in [1.29, 1.82) is 0 Å². The van der Waals surface area contributed by atoms with Gasteiger partial charge in [0.1, 0.15) is 5.82 Å². The number of hydrogen-bond acceptors (Lipinski definition) is 2. The first kappa shape index (κ1) is 12.0. The average molecular weight is 288 g/mol. The number of halogens is 2. The van der Waals surface area contributed by atoms with E-state index in [0.717, 1.165) is 5.56 Å². The lowest BCUT2D eigenvalue weighted by molar-refractivity contribution is 0.0968. The number of nitrogens with two attached hydrogens (primary N) is 1. The third-order valence-corrected chi connectivity index (χ3v) is 3.98. The predicted molar refractivity (Wildman–Crippen MR) is 64.4 cm³/mol. The molecule has 1 saturated carbocycles. The van der Waals surface area contributed by atoms with Crippen LogP contribution in [0.2, 0.25) is 0 Å². The number of rotatable bonds is 1. The molecule has 2 rings (SSSR count). The van der Waals surface area contributed by atoms with E-state index in [1.807, 2.05) is 6.07 Å². The molecule has 0 bridgehead atoms. The van der Waals surface area contributed by atoms with E-state index >= 15 is 0 Å². The zero-order valence-electron chi connectivity index (χ0n) is 8.92. The Morgan fingerprint density at radius 1 is 1.38 bits per heavy atom. The molecule has 2 nitrogen and oxygen atoms in total. The lowest BCUT2D eigenvalue weighted by atomic mass is 9.76. The quantitative estimate of drug-likeness (QED) is 0.834. The van der Waals surface area contributed by atoms with Gasteiger partial charge in [0.2, 0.25) is 0 Å². The first-order valence-electron chi connectivity index (χ1n) is 5.44. The number of aliphatic hydroxyl groups excluding tert-OH is 1. The molecular weight excluding hydrogens is 273 g/mol. The molecule has 1 aliphatic rings. The van der Waals surface area contributed by atoms with E-state index in [9.17, 15) is 9.50 Å². The van der Waals surface area contributed by atoms with Crippen molar-refractivity contribution in [3.05, 3.63) is 34.1 Å². The van der Waals surface area contributed by atoms with Gasteiger partial charge in [0.15, 0.2) is 0 Å². The minimum absolute atomic E-state index is 0.253. The van der Waals surface area contributed by atoms with Crippen molar-refractivity contribution < 1.29 is 9.50 Å². The molecule has 0 atom stereocenters. The first-order valence-corrected chi connectivity index (χ1v) is 6.23. The molecule has 1 aliphatic carbocycles. The third kappa shape index (κ3) is 2.29. The number of benzene rings is 1. The van der Waals surface area contributed by atoms with Crippen molar-refractivity contribution in [2.24, 2.45) is 5.73 Å². The highest BCUT2D eigenvalue weighted by molar-refractivity contribution is 9.10. The summed E-state index contributed by atoms with van der Waals surface area (Å²) in [7, 11) is 0. The molecule has 3 N–H and O–H groups in total. The largest absolute Gasteiger partial charge is 0.393 e. The van der Waals surface area contributed by atoms with Crippen LogP contribution in [0.25, 0.3) is 0 Å². The monoisotopic (exact) mass is 287 g/mol. The highest BCUT2D eigenvalue weighted by Gasteiger charge is 2.32. The lowest BCUT2D eigenvalue weighted by Crippen LogP contribution is -2.41. The number of hydrogen-bond donors (Lipinski definition) is 2. The minimum atomic E-state index is -0.485. The van der Waals surface area contributed by atoms with E-state index in [2.05, 4.69) is 15.9 Å². The van der Waals surface area contributed by atoms with Crippen molar-refractivity contribution in [2.75, 3.05) is 0 Å². The normalized spacial score (nSPS) is 30.4. The highest BCUT2D eigenvalue weighted by Crippen LogP contribution is 2.35. The summed E-state index contributed by atoms with van der Waals surface area (Å²) >= 11 is 3.12. The maximum atomic E-state index is 13.4. The van der Waals surface area contributed by atoms with Crippen LogP contribution in [0.3, 0.4) is 0 Å². The van der Waals surface area contributed by atoms with Crippen LogP contribution >= 0.6 is 15.9 Å². The molecule has 16 heavy (non-hydrogen) atoms. The second-order valence-corrected chi connectivity index (χ2v) is 5.37. The van der Waals surface area contributed by atoms with Crippen LogP contribution in [0.4, 0.5) is 4.39 Å². The molecule has 0 saturated heterocycles. The summed E-state index contributed by atoms with van der Waals surface area (Å²) in [5.74, 6) is -0.284. The average Bonchev–Trinajstić information content (AvgIpc) is 2.26. The molecule has 1 aromatic rings. The SMILES string of the molecule is NC1(c2ccc(Br)c(F)c2)CCC(O)CC1. The van der Waals surface area contributed by atoms with Crippen molar-refractivity contribution in [1.82, 2.24) is 0 Å². The Bertz CT molecular complexity index is 389. The maximum Gasteiger partial charge on any atom is 0.137 e. The highest BCUT2D eigenvalue weighted by atomic mass is 79.9. The molecule has 0 unspecified atom stereocenters. The van der Waals surface area contributed by atoms with Crippen molar-refractivity contribution in [3.8, 4) is 0 Å². The zero-order valence-corrected chi connectivity index (χ0v) is 10.5. The van der Waals surface area contributed by atoms with E-state index in [0.29, 0.717) is 30.2 Å². The lowest BCUT2D eigenvalue weighted by Gasteiger charge is -2.36. The summed E-state index contributed by atoms with van der Waals surface area (Å²) < 4.78 is 13.9. The molecule has 0 aliphatic heterocycles. The van der Waals surface area contributed by atoms with E-state index in [1.54, 1.807) is 6.07 Å². The van der Waals surface area contributed by atoms with Crippen molar-refractivity contribution in [2.45, 2.75) is 37.3 Å². The Balaban J connectivity index is 2.25. The Morgan fingerprint density at radius 3 is 2.56 bits per heavy atom. The summed E-state index contributed by atoms with van der Waals surface area (Å²) in [6.45, 7) is 0. The Labute approximate surface area is 103 Å². The van der Waals surface area contributed by atoms with Gasteiger partial charge in [0.05, 0.1) is 10.6 Å². The summed E-state index contributed by atoms with van der Waals surface area (Å²) in [6, 6.07) is 5.02. The molecule has 4 heteroatoms. The van der Waals surface area contributed by atoms with Gasteiger partial charge in [-0.1, -0.05) is 6.07 Å². The van der Waals surface area contributed by atoms with E-state index in [4.69, 9.17) is 5.73 Å². The van der Waals surface area contributed by atoms with Crippen LogP contribution in [0.1, 0.15) is 31.2 Å². The molecule has 0 aromatic heterocycles. The maximum absolute atomic E-state index is 13.4. The van der Waals surface area contributed by atoms with E-state index < -0.39 is 5.54 Å². The van der Waals surface area contributed by atoms with Gasteiger partial charge in [0, 0.05) is 5.54 Å². The van der Waals surface area contributed by atoms with E-state index in [-0.39, 0.29) is 11.9 Å². The molecule has 0 amide bonds. The zero-order chi connectivity index (χ0) is 11.8. The van der Waals surface area contributed by atoms with Gasteiger partial charge in [-0.2, -0.15) is 0 Å².